The van der Waals surface area contributed by atoms with Gasteiger partial charge in [-0.3, -0.25) is 0 Å². The van der Waals surface area contributed by atoms with Crippen LogP contribution in [0.5, 0.6) is 5.75 Å². The topological polar surface area (TPSA) is 68.1 Å². The molecule has 33 heavy (non-hydrogen) atoms. The average Bonchev–Trinajstić information content (AvgIpc) is 3.22. The van der Waals surface area contributed by atoms with Gasteiger partial charge in [0.25, 0.3) is 0 Å². The molecule has 7 heteroatoms. The van der Waals surface area contributed by atoms with Crippen LogP contribution in [0.25, 0.3) is 0 Å². The van der Waals surface area contributed by atoms with Crippen LogP contribution >= 0.6 is 23.1 Å². The van der Waals surface area contributed by atoms with E-state index < -0.39 is 0 Å². The van der Waals surface area contributed by atoms with Crippen LogP contribution < -0.4 is 4.74 Å². The number of carbonyl (C=O) groups is 1. The molecular formula is C26H29NO4S2. The Hall–Kier alpha value is -2.77. The normalized spacial score (nSPS) is 17.2. The molecule has 1 N–H and O–H groups in total. The van der Waals surface area contributed by atoms with Crippen molar-refractivity contribution in [3.63, 3.8) is 0 Å². The molecule has 0 saturated carbocycles. The van der Waals surface area contributed by atoms with E-state index in [2.05, 4.69) is 17.8 Å². The van der Waals surface area contributed by atoms with Gasteiger partial charge in [0.1, 0.15) is 10.6 Å². The molecular weight excluding hydrogens is 454 g/mol. The molecule has 0 aliphatic heterocycles. The Kier molecular flexibility index (Phi) is 8.97. The van der Waals surface area contributed by atoms with Gasteiger partial charge in [-0.1, -0.05) is 48.2 Å². The first-order valence-electron chi connectivity index (χ1n) is 10.8. The second-order valence-electron chi connectivity index (χ2n) is 7.39. The zero-order valence-electron chi connectivity index (χ0n) is 19.2. The predicted octanol–water partition coefficient (Wildman–Crippen LogP) is 6.62. The Morgan fingerprint density at radius 2 is 2.12 bits per heavy atom. The summed E-state index contributed by atoms with van der Waals surface area (Å²) in [5, 5.41) is 13.8. The van der Waals surface area contributed by atoms with Crippen molar-refractivity contribution in [1.82, 2.24) is 0 Å². The summed E-state index contributed by atoms with van der Waals surface area (Å²) in [6.45, 7) is 7.85. The Morgan fingerprint density at radius 3 is 2.73 bits per heavy atom. The number of allylic oxidation sites excluding steroid dienone is 4. The van der Waals surface area contributed by atoms with E-state index in [4.69, 9.17) is 9.47 Å². The molecule has 1 aliphatic carbocycles. The van der Waals surface area contributed by atoms with E-state index in [-0.39, 0.29) is 11.9 Å². The smallest absolute Gasteiger partial charge is 0.348 e. The average molecular weight is 484 g/mol. The van der Waals surface area contributed by atoms with Crippen molar-refractivity contribution in [3.8, 4) is 5.75 Å². The maximum absolute atomic E-state index is 12.7. The molecule has 1 aromatic carbocycles. The summed E-state index contributed by atoms with van der Waals surface area (Å²) < 4.78 is 11.6. The minimum absolute atomic E-state index is 0.0701. The molecule has 1 aromatic heterocycles. The maximum atomic E-state index is 12.7. The molecule has 1 atom stereocenters. The van der Waals surface area contributed by atoms with Crippen LogP contribution in [0.3, 0.4) is 0 Å². The van der Waals surface area contributed by atoms with Crippen LogP contribution in [-0.2, 0) is 11.2 Å². The van der Waals surface area contributed by atoms with Gasteiger partial charge in [-0.05, 0) is 55.5 Å². The third-order valence-electron chi connectivity index (χ3n) is 5.52. The van der Waals surface area contributed by atoms with Gasteiger partial charge in [0.2, 0.25) is 0 Å². The van der Waals surface area contributed by atoms with E-state index >= 15 is 0 Å². The number of oxime groups is 1. The van der Waals surface area contributed by atoms with E-state index in [9.17, 15) is 10.0 Å². The number of thioether (sulfide) groups is 1. The predicted molar refractivity (Wildman–Crippen MR) is 136 cm³/mol. The lowest BCUT2D eigenvalue weighted by atomic mass is 9.79. The fourth-order valence-corrected chi connectivity index (χ4v) is 6.43. The third kappa shape index (κ3) is 5.60. The Bertz CT molecular complexity index is 1080. The van der Waals surface area contributed by atoms with Crippen molar-refractivity contribution in [3.05, 3.63) is 82.3 Å². The number of esters is 1. The van der Waals surface area contributed by atoms with E-state index in [1.165, 1.54) is 11.3 Å². The zero-order valence-corrected chi connectivity index (χ0v) is 20.8. The quantitative estimate of drug-likeness (QED) is 0.143. The van der Waals surface area contributed by atoms with Gasteiger partial charge in [-0.2, -0.15) is 0 Å². The second kappa shape index (κ2) is 11.9. The standard InChI is InChI=1S/C26H29NO4S2/c1-5-8-9-17(6-2)16-32-26-22-21(24(33-26)25(28)31-7-3)15-14-20(23(22)27-29)18-10-12-19(30-4)13-11-18/h5-6,8-13,20,29H,1,7,14-16H2,2-4H3/b9-8-,17-6+,27-23+. The number of ether oxygens (including phenoxy) is 2. The summed E-state index contributed by atoms with van der Waals surface area (Å²) >= 11 is 3.07. The first-order valence-corrected chi connectivity index (χ1v) is 12.6. The van der Waals surface area contributed by atoms with Crippen molar-refractivity contribution in [1.29, 1.82) is 0 Å². The van der Waals surface area contributed by atoms with Gasteiger partial charge in [0.15, 0.2) is 0 Å². The van der Waals surface area contributed by atoms with Crippen molar-refractivity contribution in [2.24, 2.45) is 5.16 Å². The molecule has 5 nitrogen and oxygen atoms in total. The number of hydrogen-bond donors (Lipinski definition) is 1. The molecule has 174 valence electrons. The minimum Gasteiger partial charge on any atom is -0.497 e. The Labute approximate surface area is 203 Å². The largest absolute Gasteiger partial charge is 0.497 e. The van der Waals surface area contributed by atoms with E-state index in [1.54, 1.807) is 31.9 Å². The monoisotopic (exact) mass is 483 g/mol. The molecule has 1 aliphatic rings. The molecule has 0 saturated heterocycles. The molecule has 0 amide bonds. The van der Waals surface area contributed by atoms with Gasteiger partial charge >= 0.3 is 5.97 Å². The Morgan fingerprint density at radius 1 is 1.36 bits per heavy atom. The second-order valence-corrected chi connectivity index (χ2v) is 9.65. The highest BCUT2D eigenvalue weighted by molar-refractivity contribution is 8.01. The summed E-state index contributed by atoms with van der Waals surface area (Å²) in [5.74, 6) is 1.12. The third-order valence-corrected chi connectivity index (χ3v) is 8.07. The van der Waals surface area contributed by atoms with E-state index in [1.807, 2.05) is 43.3 Å². The summed E-state index contributed by atoms with van der Waals surface area (Å²) in [4.78, 5) is 13.3. The van der Waals surface area contributed by atoms with Crippen molar-refractivity contribution in [2.75, 3.05) is 19.5 Å². The number of methoxy groups -OCH3 is 1. The number of fused-ring (bicyclic) bond motifs is 1. The van der Waals surface area contributed by atoms with Gasteiger partial charge in [-0.25, -0.2) is 4.79 Å². The van der Waals surface area contributed by atoms with Crippen LogP contribution in [0.1, 0.15) is 52.5 Å². The van der Waals surface area contributed by atoms with Gasteiger partial charge in [0, 0.05) is 17.2 Å². The fraction of sp³-hybridized carbons (Fsp3) is 0.308. The molecule has 0 fully saturated rings. The number of carbonyl (C=O) groups excluding carboxylic acids is 1. The molecule has 3 rings (SSSR count). The molecule has 0 bridgehead atoms. The van der Waals surface area contributed by atoms with Crippen LogP contribution in [0.4, 0.5) is 0 Å². The van der Waals surface area contributed by atoms with Crippen molar-refractivity contribution >= 4 is 34.8 Å². The molecule has 1 unspecified atom stereocenters. The maximum Gasteiger partial charge on any atom is 0.348 e. The lowest BCUT2D eigenvalue weighted by Gasteiger charge is -2.25. The zero-order chi connectivity index (χ0) is 23.8. The molecule has 0 spiro atoms. The van der Waals surface area contributed by atoms with Crippen LogP contribution in [-0.4, -0.2) is 36.4 Å². The van der Waals surface area contributed by atoms with E-state index in [0.29, 0.717) is 23.6 Å². The highest BCUT2D eigenvalue weighted by Crippen LogP contribution is 2.45. The molecule has 1 heterocycles. The lowest BCUT2D eigenvalue weighted by Crippen LogP contribution is -2.23. The summed E-state index contributed by atoms with van der Waals surface area (Å²) in [7, 11) is 1.64. The first kappa shape index (κ1) is 24.9. The van der Waals surface area contributed by atoms with Crippen LogP contribution in [0.2, 0.25) is 0 Å². The Balaban J connectivity index is 2.02. The van der Waals surface area contributed by atoms with Crippen LogP contribution in [0.15, 0.2) is 70.1 Å². The number of benzene rings is 1. The first-order chi connectivity index (χ1) is 16.1. The number of hydrogen-bond acceptors (Lipinski definition) is 7. The van der Waals surface area contributed by atoms with Gasteiger partial charge < -0.3 is 14.7 Å². The number of rotatable bonds is 9. The van der Waals surface area contributed by atoms with Crippen molar-refractivity contribution < 1.29 is 19.5 Å². The lowest BCUT2D eigenvalue weighted by molar-refractivity contribution is 0.0531. The SMILES string of the molecule is C=C/C=C\C(=C/C)CSc1sc(C(=O)OCC)c2c1/C(=N/O)C(c1ccc(OC)cc1)CC2. The highest BCUT2D eigenvalue weighted by atomic mass is 32.2. The fourth-order valence-electron chi connectivity index (χ4n) is 3.85. The number of thiophene rings is 1. The highest BCUT2D eigenvalue weighted by Gasteiger charge is 2.35. The summed E-state index contributed by atoms with van der Waals surface area (Å²) in [6.07, 6.45) is 9.19. The van der Waals surface area contributed by atoms with Gasteiger partial charge in [0.05, 0.1) is 23.6 Å². The minimum atomic E-state index is -0.316. The van der Waals surface area contributed by atoms with Gasteiger partial charge in [-0.15, -0.1) is 23.1 Å². The van der Waals surface area contributed by atoms with Crippen molar-refractivity contribution in [2.45, 2.75) is 36.8 Å². The summed E-state index contributed by atoms with van der Waals surface area (Å²) in [5.41, 5.74) is 4.58. The summed E-state index contributed by atoms with van der Waals surface area (Å²) in [6, 6.07) is 7.83. The number of nitrogens with zero attached hydrogens (tertiary/aromatic N) is 1. The molecule has 2 aromatic rings. The van der Waals surface area contributed by atoms with E-state index in [0.717, 1.165) is 44.4 Å². The van der Waals surface area contributed by atoms with Crippen LogP contribution in [0, 0.1) is 0 Å². The molecule has 0 radical (unpaired) electrons.